The predicted octanol–water partition coefficient (Wildman–Crippen LogP) is 2.13. The molecule has 4 aliphatic heterocycles. The van der Waals surface area contributed by atoms with Crippen LogP contribution in [-0.4, -0.2) is 88.8 Å². The number of imide groups is 2. The van der Waals surface area contributed by atoms with Crippen molar-refractivity contribution in [2.24, 2.45) is 0 Å². The SMILES string of the molecule is C[C@@H]1COC[C@H](C)N1C1CN(Cc2ccc(CNc3cccc4c3C(=O)N(C3CCC(=O)NC3=O)C4=O)c(F)c2)C1. The van der Waals surface area contributed by atoms with E-state index in [4.69, 9.17) is 4.74 Å². The van der Waals surface area contributed by atoms with Gasteiger partial charge in [-0.1, -0.05) is 18.2 Å². The number of piperidine rings is 1. The molecule has 4 heterocycles. The summed E-state index contributed by atoms with van der Waals surface area (Å²) in [5.74, 6) is -2.62. The number of benzene rings is 2. The highest BCUT2D eigenvalue weighted by atomic mass is 19.1. The second kappa shape index (κ2) is 11.0. The molecule has 10 nitrogen and oxygen atoms in total. The first-order chi connectivity index (χ1) is 19.7. The van der Waals surface area contributed by atoms with Gasteiger partial charge in [0.1, 0.15) is 11.9 Å². The number of likely N-dealkylation sites (tertiary alicyclic amines) is 1. The van der Waals surface area contributed by atoms with Crippen LogP contribution in [0, 0.1) is 5.82 Å². The van der Waals surface area contributed by atoms with Crippen molar-refractivity contribution in [3.05, 3.63) is 64.5 Å². The lowest BCUT2D eigenvalue weighted by atomic mass is 10.00. The van der Waals surface area contributed by atoms with Crippen LogP contribution < -0.4 is 10.6 Å². The summed E-state index contributed by atoms with van der Waals surface area (Å²) in [5.41, 5.74) is 2.04. The lowest BCUT2D eigenvalue weighted by molar-refractivity contribution is -0.136. The number of amides is 4. The molecule has 0 bridgehead atoms. The van der Waals surface area contributed by atoms with Crippen LogP contribution in [0.15, 0.2) is 36.4 Å². The van der Waals surface area contributed by atoms with Crippen molar-refractivity contribution in [1.29, 1.82) is 0 Å². The van der Waals surface area contributed by atoms with E-state index in [1.54, 1.807) is 24.3 Å². The van der Waals surface area contributed by atoms with Crippen molar-refractivity contribution < 1.29 is 28.3 Å². The van der Waals surface area contributed by atoms with Crippen LogP contribution in [0.2, 0.25) is 0 Å². The Morgan fingerprint density at radius 2 is 1.78 bits per heavy atom. The molecule has 0 aromatic heterocycles. The van der Waals surface area contributed by atoms with E-state index in [2.05, 4.69) is 34.3 Å². The van der Waals surface area contributed by atoms with Gasteiger partial charge in [0, 0.05) is 62.0 Å². The van der Waals surface area contributed by atoms with Gasteiger partial charge in [0.2, 0.25) is 11.8 Å². The highest BCUT2D eigenvalue weighted by Crippen LogP contribution is 2.33. The number of nitrogens with one attached hydrogen (secondary N) is 2. The molecule has 11 heteroatoms. The molecule has 1 unspecified atom stereocenters. The monoisotopic (exact) mass is 563 g/mol. The van der Waals surface area contributed by atoms with Crippen molar-refractivity contribution in [3.63, 3.8) is 0 Å². The van der Waals surface area contributed by atoms with Crippen LogP contribution in [0.5, 0.6) is 0 Å². The van der Waals surface area contributed by atoms with Gasteiger partial charge < -0.3 is 10.1 Å². The van der Waals surface area contributed by atoms with Gasteiger partial charge in [0.05, 0.1) is 24.3 Å². The zero-order chi connectivity index (χ0) is 28.8. The van der Waals surface area contributed by atoms with Crippen LogP contribution in [0.25, 0.3) is 0 Å². The van der Waals surface area contributed by atoms with Gasteiger partial charge in [-0.25, -0.2) is 4.39 Å². The Balaban J connectivity index is 1.08. The van der Waals surface area contributed by atoms with E-state index in [9.17, 15) is 19.2 Å². The Morgan fingerprint density at radius 1 is 1.02 bits per heavy atom. The lowest BCUT2D eigenvalue weighted by Crippen LogP contribution is -2.65. The maximum Gasteiger partial charge on any atom is 0.264 e. The second-order valence-electron chi connectivity index (χ2n) is 11.5. The molecule has 0 aliphatic carbocycles. The van der Waals surface area contributed by atoms with Gasteiger partial charge in [0.15, 0.2) is 0 Å². The van der Waals surface area contributed by atoms with Crippen molar-refractivity contribution in [1.82, 2.24) is 20.0 Å². The number of carbonyl (C=O) groups excluding carboxylic acids is 4. The number of nitrogens with zero attached hydrogens (tertiary/aromatic N) is 3. The number of hydrogen-bond donors (Lipinski definition) is 2. The van der Waals surface area contributed by atoms with E-state index >= 15 is 4.39 Å². The van der Waals surface area contributed by atoms with Gasteiger partial charge in [-0.05, 0) is 44.0 Å². The van der Waals surface area contributed by atoms with Gasteiger partial charge in [-0.15, -0.1) is 0 Å². The standard InChI is InChI=1S/C30H34FN5O5/c1-17-15-41-16-18(2)35(17)21-13-34(14-21)12-19-6-7-20(23(31)10-19)11-32-24-5-3-4-22-27(24)30(40)36(29(22)39)25-8-9-26(37)33-28(25)38/h3-7,10,17-18,21,25,32H,8-9,11-16H2,1-2H3,(H,33,37,38)/t17-,18+,25?. The highest BCUT2D eigenvalue weighted by Gasteiger charge is 2.45. The largest absolute Gasteiger partial charge is 0.380 e. The summed E-state index contributed by atoms with van der Waals surface area (Å²) < 4.78 is 20.8. The van der Waals surface area contributed by atoms with E-state index < -0.39 is 29.7 Å². The minimum atomic E-state index is -1.04. The molecule has 4 aliphatic rings. The molecular weight excluding hydrogens is 529 g/mol. The third-order valence-corrected chi connectivity index (χ3v) is 8.56. The molecule has 0 spiro atoms. The Hall–Kier alpha value is -3.67. The molecule has 6 rings (SSSR count). The summed E-state index contributed by atoms with van der Waals surface area (Å²) in [6.45, 7) is 8.60. The molecule has 3 atom stereocenters. The van der Waals surface area contributed by atoms with E-state index in [0.717, 1.165) is 36.8 Å². The zero-order valence-electron chi connectivity index (χ0n) is 23.2. The Morgan fingerprint density at radius 3 is 2.49 bits per heavy atom. The molecule has 2 aromatic carbocycles. The number of ether oxygens (including phenoxy) is 1. The normalized spacial score (nSPS) is 25.7. The van der Waals surface area contributed by atoms with Crippen LogP contribution >= 0.6 is 0 Å². The number of carbonyl (C=O) groups is 4. The van der Waals surface area contributed by atoms with Crippen molar-refractivity contribution in [2.75, 3.05) is 31.6 Å². The van der Waals surface area contributed by atoms with E-state index in [1.807, 2.05) is 6.07 Å². The first kappa shape index (κ1) is 27.5. The zero-order valence-corrected chi connectivity index (χ0v) is 23.2. The Labute approximate surface area is 237 Å². The van der Waals surface area contributed by atoms with Gasteiger partial charge in [-0.2, -0.15) is 0 Å². The molecule has 216 valence electrons. The van der Waals surface area contributed by atoms with E-state index in [0.29, 0.717) is 35.9 Å². The molecule has 0 radical (unpaired) electrons. The van der Waals surface area contributed by atoms with E-state index in [1.165, 1.54) is 6.07 Å². The third kappa shape index (κ3) is 5.13. The fourth-order valence-corrected chi connectivity index (χ4v) is 6.54. The number of halogens is 1. The molecule has 3 fully saturated rings. The van der Waals surface area contributed by atoms with Crippen molar-refractivity contribution in [3.8, 4) is 0 Å². The maximum atomic E-state index is 15.1. The fourth-order valence-electron chi connectivity index (χ4n) is 6.54. The van der Waals surface area contributed by atoms with Crippen LogP contribution in [-0.2, 0) is 27.4 Å². The molecule has 3 saturated heterocycles. The Bertz CT molecular complexity index is 1400. The summed E-state index contributed by atoms with van der Waals surface area (Å²) >= 11 is 0. The van der Waals surface area contributed by atoms with Gasteiger partial charge in [0.25, 0.3) is 11.8 Å². The van der Waals surface area contributed by atoms with Gasteiger partial charge >= 0.3 is 0 Å². The number of hydrogen-bond acceptors (Lipinski definition) is 8. The summed E-state index contributed by atoms with van der Waals surface area (Å²) in [5, 5.41) is 5.30. The van der Waals surface area contributed by atoms with Crippen molar-refractivity contribution in [2.45, 2.75) is 63.9 Å². The third-order valence-electron chi connectivity index (χ3n) is 8.56. The summed E-state index contributed by atoms with van der Waals surface area (Å²) in [6, 6.07) is 10.3. The predicted molar refractivity (Wildman–Crippen MR) is 147 cm³/mol. The molecular formula is C30H34FN5O5. The smallest absolute Gasteiger partial charge is 0.264 e. The van der Waals surface area contributed by atoms with Crippen LogP contribution in [0.1, 0.15) is 58.5 Å². The fraction of sp³-hybridized carbons (Fsp3) is 0.467. The minimum Gasteiger partial charge on any atom is -0.380 e. The summed E-state index contributed by atoms with van der Waals surface area (Å²) in [7, 11) is 0. The number of anilines is 1. The van der Waals surface area contributed by atoms with Crippen LogP contribution in [0.3, 0.4) is 0 Å². The maximum absolute atomic E-state index is 15.1. The Kier molecular flexibility index (Phi) is 7.35. The summed E-state index contributed by atoms with van der Waals surface area (Å²) in [6.07, 6.45) is 0.134. The molecule has 0 saturated carbocycles. The number of rotatable bonds is 7. The first-order valence-corrected chi connectivity index (χ1v) is 14.1. The molecule has 41 heavy (non-hydrogen) atoms. The molecule has 2 N–H and O–H groups in total. The van der Waals surface area contributed by atoms with Crippen LogP contribution in [0.4, 0.5) is 10.1 Å². The lowest BCUT2D eigenvalue weighted by Gasteiger charge is -2.51. The average molecular weight is 564 g/mol. The topological polar surface area (TPSA) is 111 Å². The number of morpholine rings is 1. The van der Waals surface area contributed by atoms with Crippen molar-refractivity contribution >= 4 is 29.3 Å². The van der Waals surface area contributed by atoms with Gasteiger partial charge in [-0.3, -0.25) is 39.2 Å². The first-order valence-electron chi connectivity index (χ1n) is 14.1. The minimum absolute atomic E-state index is 0.0504. The number of fused-ring (bicyclic) bond motifs is 1. The molecule has 2 aromatic rings. The highest BCUT2D eigenvalue weighted by molar-refractivity contribution is 6.25. The molecule has 4 amide bonds. The van der Waals surface area contributed by atoms with E-state index in [-0.39, 0.29) is 36.3 Å². The second-order valence-corrected chi connectivity index (χ2v) is 11.5. The summed E-state index contributed by atoms with van der Waals surface area (Å²) in [4.78, 5) is 56.0. The quantitative estimate of drug-likeness (QED) is 0.493. The average Bonchev–Trinajstić information content (AvgIpc) is 3.16.